The molecular formula is C11H17N3O. The summed E-state index contributed by atoms with van der Waals surface area (Å²) in [5, 5.41) is 2.78. The van der Waals surface area contributed by atoms with Gasteiger partial charge in [0.25, 0.3) is 0 Å². The molecule has 0 fully saturated rings. The largest absolute Gasteiger partial charge is 0.338 e. The third-order valence-corrected chi connectivity index (χ3v) is 2.04. The van der Waals surface area contributed by atoms with Gasteiger partial charge in [-0.25, -0.2) is 4.79 Å². The van der Waals surface area contributed by atoms with Crippen LogP contribution in [0.3, 0.4) is 0 Å². The second-order valence-corrected chi connectivity index (χ2v) is 3.35. The van der Waals surface area contributed by atoms with E-state index in [1.807, 2.05) is 13.0 Å². The lowest BCUT2D eigenvalue weighted by Crippen LogP contribution is -2.41. The summed E-state index contributed by atoms with van der Waals surface area (Å²) in [5.41, 5.74) is 0.889. The van der Waals surface area contributed by atoms with Gasteiger partial charge in [0.2, 0.25) is 0 Å². The van der Waals surface area contributed by atoms with E-state index >= 15 is 0 Å². The lowest BCUT2D eigenvalue weighted by atomic mass is 10.2. The van der Waals surface area contributed by atoms with Crippen molar-refractivity contribution in [2.75, 3.05) is 19.6 Å². The Kier molecular flexibility index (Phi) is 4.60. The zero-order valence-corrected chi connectivity index (χ0v) is 9.07. The van der Waals surface area contributed by atoms with Gasteiger partial charge in [-0.2, -0.15) is 0 Å². The van der Waals surface area contributed by atoms with E-state index in [0.717, 1.165) is 12.0 Å². The van der Waals surface area contributed by atoms with Crippen molar-refractivity contribution in [2.24, 2.45) is 4.99 Å². The predicted octanol–water partition coefficient (Wildman–Crippen LogP) is 1.56. The summed E-state index contributed by atoms with van der Waals surface area (Å²) >= 11 is 0. The smallest absolute Gasteiger partial charge is 0.317 e. The van der Waals surface area contributed by atoms with Crippen molar-refractivity contribution in [3.05, 3.63) is 24.4 Å². The van der Waals surface area contributed by atoms with Crippen molar-refractivity contribution >= 4 is 12.2 Å². The van der Waals surface area contributed by atoms with E-state index in [-0.39, 0.29) is 6.03 Å². The molecular weight excluding hydrogens is 190 g/mol. The summed E-state index contributed by atoms with van der Waals surface area (Å²) in [6.45, 7) is 7.66. The standard InChI is InChI=1S/C11H17N3O/c1-3-13-11(15)14-8-4-6-12-7-5-10(2)9-14/h5-7H,2-4,8-9H2,1H3,(H,13,15)/b7-5-,12-6?. The molecule has 82 valence electrons. The number of carbonyl (C=O) groups excluding carboxylic acids is 1. The van der Waals surface area contributed by atoms with Crippen LogP contribution in [0.5, 0.6) is 0 Å². The highest BCUT2D eigenvalue weighted by Gasteiger charge is 2.12. The number of nitrogens with one attached hydrogen (secondary N) is 1. The fourth-order valence-electron chi connectivity index (χ4n) is 1.31. The number of nitrogens with zero attached hydrogens (tertiary/aromatic N) is 2. The molecule has 4 nitrogen and oxygen atoms in total. The van der Waals surface area contributed by atoms with E-state index in [1.54, 1.807) is 17.3 Å². The van der Waals surface area contributed by atoms with Crippen molar-refractivity contribution in [2.45, 2.75) is 13.3 Å². The lowest BCUT2D eigenvalue weighted by Gasteiger charge is -2.21. The Morgan fingerprint density at radius 2 is 2.53 bits per heavy atom. The molecule has 1 aliphatic heterocycles. The average Bonchev–Trinajstić information content (AvgIpc) is 2.30. The number of hydrogen-bond donors (Lipinski definition) is 1. The average molecular weight is 207 g/mol. The highest BCUT2D eigenvalue weighted by molar-refractivity contribution is 5.75. The Labute approximate surface area is 90.4 Å². The number of hydrogen-bond acceptors (Lipinski definition) is 2. The molecule has 0 saturated carbocycles. The van der Waals surface area contributed by atoms with Crippen molar-refractivity contribution in [1.82, 2.24) is 10.2 Å². The Bertz CT molecular complexity index is 294. The molecule has 0 radical (unpaired) electrons. The second kappa shape index (κ2) is 6.01. The van der Waals surface area contributed by atoms with E-state index in [2.05, 4.69) is 16.9 Å². The van der Waals surface area contributed by atoms with Gasteiger partial charge in [0.1, 0.15) is 0 Å². The lowest BCUT2D eigenvalue weighted by molar-refractivity contribution is 0.204. The first-order valence-electron chi connectivity index (χ1n) is 5.12. The number of amides is 2. The highest BCUT2D eigenvalue weighted by Crippen LogP contribution is 2.02. The van der Waals surface area contributed by atoms with Crippen molar-refractivity contribution in [1.29, 1.82) is 0 Å². The molecule has 0 aromatic rings. The summed E-state index contributed by atoms with van der Waals surface area (Å²) in [7, 11) is 0. The summed E-state index contributed by atoms with van der Waals surface area (Å²) in [6, 6.07) is -0.0395. The quantitative estimate of drug-likeness (QED) is 0.696. The molecule has 0 unspecified atom stereocenters. The first-order valence-corrected chi connectivity index (χ1v) is 5.12. The van der Waals surface area contributed by atoms with Crippen LogP contribution in [-0.2, 0) is 0 Å². The molecule has 0 bridgehead atoms. The molecule has 0 aliphatic carbocycles. The first-order chi connectivity index (χ1) is 7.24. The topological polar surface area (TPSA) is 44.7 Å². The third kappa shape index (κ3) is 3.97. The van der Waals surface area contributed by atoms with Crippen LogP contribution in [0.15, 0.2) is 29.4 Å². The fourth-order valence-corrected chi connectivity index (χ4v) is 1.31. The van der Waals surface area contributed by atoms with Gasteiger partial charge in [-0.3, -0.25) is 4.99 Å². The van der Waals surface area contributed by atoms with Crippen LogP contribution < -0.4 is 5.32 Å². The predicted molar refractivity (Wildman–Crippen MR) is 62.0 cm³/mol. The number of carbonyl (C=O) groups is 1. The molecule has 4 heteroatoms. The van der Waals surface area contributed by atoms with Gasteiger partial charge in [0, 0.05) is 38.5 Å². The molecule has 1 heterocycles. The van der Waals surface area contributed by atoms with Gasteiger partial charge >= 0.3 is 6.03 Å². The maximum absolute atomic E-state index is 11.6. The van der Waals surface area contributed by atoms with Gasteiger partial charge in [0.15, 0.2) is 0 Å². The minimum Gasteiger partial charge on any atom is -0.338 e. The molecule has 0 spiro atoms. The minimum absolute atomic E-state index is 0.0395. The van der Waals surface area contributed by atoms with Crippen LogP contribution in [0, 0.1) is 0 Å². The Hall–Kier alpha value is -1.58. The zero-order valence-electron chi connectivity index (χ0n) is 9.07. The van der Waals surface area contributed by atoms with E-state index in [4.69, 9.17) is 0 Å². The molecule has 0 aromatic heterocycles. The Morgan fingerprint density at radius 1 is 1.73 bits per heavy atom. The van der Waals surface area contributed by atoms with Gasteiger partial charge in [-0.1, -0.05) is 6.58 Å². The maximum Gasteiger partial charge on any atom is 0.317 e. The van der Waals surface area contributed by atoms with E-state index in [9.17, 15) is 4.79 Å². The number of rotatable bonds is 1. The normalized spacial score (nSPS) is 19.0. The van der Waals surface area contributed by atoms with Crippen LogP contribution in [0.2, 0.25) is 0 Å². The van der Waals surface area contributed by atoms with Crippen molar-refractivity contribution in [3.8, 4) is 0 Å². The summed E-state index contributed by atoms with van der Waals surface area (Å²) in [4.78, 5) is 17.4. The summed E-state index contributed by atoms with van der Waals surface area (Å²) < 4.78 is 0. The van der Waals surface area contributed by atoms with E-state index < -0.39 is 0 Å². The van der Waals surface area contributed by atoms with Gasteiger partial charge in [-0.05, 0) is 18.6 Å². The number of aliphatic imine (C=N–C) groups is 1. The monoisotopic (exact) mass is 207 g/mol. The maximum atomic E-state index is 11.6. The summed E-state index contributed by atoms with van der Waals surface area (Å²) in [6.07, 6.45) is 6.12. The molecule has 2 amide bonds. The molecule has 1 aliphatic rings. The van der Waals surface area contributed by atoms with Crippen molar-refractivity contribution in [3.63, 3.8) is 0 Å². The van der Waals surface area contributed by atoms with Crippen LogP contribution >= 0.6 is 0 Å². The second-order valence-electron chi connectivity index (χ2n) is 3.35. The minimum atomic E-state index is -0.0395. The van der Waals surface area contributed by atoms with Gasteiger partial charge in [0.05, 0.1) is 0 Å². The Morgan fingerprint density at radius 3 is 3.27 bits per heavy atom. The number of urea groups is 1. The van der Waals surface area contributed by atoms with Crippen molar-refractivity contribution < 1.29 is 4.79 Å². The van der Waals surface area contributed by atoms with Crippen LogP contribution in [0.25, 0.3) is 0 Å². The van der Waals surface area contributed by atoms with Gasteiger partial charge < -0.3 is 10.2 Å². The first kappa shape index (κ1) is 11.5. The molecule has 0 aromatic carbocycles. The molecule has 0 saturated heterocycles. The molecule has 0 atom stereocenters. The summed E-state index contributed by atoms with van der Waals surface area (Å²) in [5.74, 6) is 0. The van der Waals surface area contributed by atoms with Gasteiger partial charge in [-0.15, -0.1) is 0 Å². The van der Waals surface area contributed by atoms with Crippen LogP contribution in [0.1, 0.15) is 13.3 Å². The SMILES string of the molecule is C=C1/C=C\N=CCCN(C(=O)NCC)C1. The molecule has 1 rings (SSSR count). The van der Waals surface area contributed by atoms with Crippen LogP contribution in [0.4, 0.5) is 4.79 Å². The molecule has 1 N–H and O–H groups in total. The van der Waals surface area contributed by atoms with E-state index in [0.29, 0.717) is 19.6 Å². The Balaban J connectivity index is 2.62. The molecule has 15 heavy (non-hydrogen) atoms. The van der Waals surface area contributed by atoms with Crippen LogP contribution in [-0.4, -0.2) is 36.8 Å². The zero-order chi connectivity index (χ0) is 11.1. The third-order valence-electron chi connectivity index (χ3n) is 2.04. The highest BCUT2D eigenvalue weighted by atomic mass is 16.2. The van der Waals surface area contributed by atoms with E-state index in [1.165, 1.54) is 0 Å². The fraction of sp³-hybridized carbons (Fsp3) is 0.455.